The van der Waals surface area contributed by atoms with Crippen molar-refractivity contribution in [2.75, 3.05) is 0 Å². The Labute approximate surface area is 103 Å². The van der Waals surface area contributed by atoms with Gasteiger partial charge in [0.2, 0.25) is 5.91 Å². The molecule has 0 saturated heterocycles. The number of nitrogens with one attached hydrogen (secondary N) is 1. The van der Waals surface area contributed by atoms with Crippen LogP contribution in [0.5, 0.6) is 0 Å². The monoisotopic (exact) mass is 253 g/mol. The van der Waals surface area contributed by atoms with Gasteiger partial charge in [0.1, 0.15) is 11.1 Å². The molecule has 1 amide bonds. The summed E-state index contributed by atoms with van der Waals surface area (Å²) in [5.41, 5.74) is 6.99. The smallest absolute Gasteiger partial charge is 0.243 e. The molecule has 2 heterocycles. The number of nitrogens with zero attached hydrogens (tertiary/aromatic N) is 3. The van der Waals surface area contributed by atoms with Crippen LogP contribution < -0.4 is 5.73 Å². The Kier molecular flexibility index (Phi) is 2.39. The fraction of sp³-hybridized carbons (Fsp3) is 0.500. The van der Waals surface area contributed by atoms with Crippen molar-refractivity contribution >= 4 is 29.3 Å². The van der Waals surface area contributed by atoms with Crippen molar-refractivity contribution in [1.29, 1.82) is 0 Å². The Morgan fingerprint density at radius 3 is 2.65 bits per heavy atom. The molecule has 2 aromatic heterocycles. The second kappa shape index (κ2) is 3.43. The summed E-state index contributed by atoms with van der Waals surface area (Å²) >= 11 is 5.25. The van der Waals surface area contributed by atoms with Crippen LogP contribution >= 0.6 is 12.2 Å². The minimum atomic E-state index is -0.893. The maximum Gasteiger partial charge on any atom is 0.243 e. The number of fused-ring (bicyclic) bond motifs is 1. The van der Waals surface area contributed by atoms with Crippen LogP contribution in [0.4, 0.5) is 0 Å². The van der Waals surface area contributed by atoms with Gasteiger partial charge in [0.05, 0.1) is 5.69 Å². The predicted molar refractivity (Wildman–Crippen MR) is 67.1 cm³/mol. The number of aromatic nitrogens is 4. The second-order valence-corrected chi connectivity index (χ2v) is 4.98. The minimum Gasteiger partial charge on any atom is -0.368 e. The third-order valence-electron chi connectivity index (χ3n) is 3.00. The summed E-state index contributed by atoms with van der Waals surface area (Å²) < 4.78 is 3.88. The number of H-pyrrole nitrogens is 1. The number of amides is 1. The molecular formula is C10H15N5OS. The predicted octanol–water partition coefficient (Wildman–Crippen LogP) is 0.961. The topological polar surface area (TPSA) is 81.6 Å². The van der Waals surface area contributed by atoms with Gasteiger partial charge in [-0.2, -0.15) is 5.10 Å². The van der Waals surface area contributed by atoms with Crippen molar-refractivity contribution in [3.8, 4) is 0 Å². The number of aromatic amines is 1. The first-order valence-corrected chi connectivity index (χ1v) is 5.62. The fourth-order valence-corrected chi connectivity index (χ4v) is 2.35. The number of hydrogen-bond donors (Lipinski definition) is 2. The second-order valence-electron chi connectivity index (χ2n) is 4.60. The van der Waals surface area contributed by atoms with Crippen molar-refractivity contribution in [3.63, 3.8) is 0 Å². The van der Waals surface area contributed by atoms with Crippen LogP contribution in [0.1, 0.15) is 19.5 Å². The van der Waals surface area contributed by atoms with E-state index >= 15 is 0 Å². The molecule has 2 rings (SSSR count). The van der Waals surface area contributed by atoms with E-state index in [1.807, 2.05) is 14.0 Å². The fourth-order valence-electron chi connectivity index (χ4n) is 1.94. The van der Waals surface area contributed by atoms with E-state index in [1.54, 1.807) is 23.1 Å². The zero-order chi connectivity index (χ0) is 13.0. The van der Waals surface area contributed by atoms with E-state index in [-0.39, 0.29) is 0 Å². The van der Waals surface area contributed by atoms with Crippen LogP contribution in [0.2, 0.25) is 0 Å². The van der Waals surface area contributed by atoms with Crippen molar-refractivity contribution in [1.82, 2.24) is 19.3 Å². The average molecular weight is 253 g/mol. The lowest BCUT2D eigenvalue weighted by atomic mass is 10.1. The van der Waals surface area contributed by atoms with Gasteiger partial charge in [-0.15, -0.1) is 0 Å². The van der Waals surface area contributed by atoms with E-state index in [4.69, 9.17) is 18.0 Å². The third-order valence-corrected chi connectivity index (χ3v) is 3.29. The SMILES string of the molecule is Cc1nn(C)c2c1[nH]c(=S)n2C(C)(C)C(N)=O. The molecule has 17 heavy (non-hydrogen) atoms. The number of primary amides is 1. The van der Waals surface area contributed by atoms with Gasteiger partial charge in [0.25, 0.3) is 0 Å². The molecule has 92 valence electrons. The molecule has 0 saturated carbocycles. The van der Waals surface area contributed by atoms with Crippen molar-refractivity contribution < 1.29 is 4.79 Å². The maximum atomic E-state index is 11.5. The quantitative estimate of drug-likeness (QED) is 0.782. The highest BCUT2D eigenvalue weighted by Crippen LogP contribution is 2.24. The molecule has 6 nitrogen and oxygen atoms in total. The normalized spacial score (nSPS) is 12.2. The number of imidazole rings is 1. The van der Waals surface area contributed by atoms with Crippen molar-refractivity contribution in [3.05, 3.63) is 10.5 Å². The van der Waals surface area contributed by atoms with Crippen LogP contribution in [0.15, 0.2) is 0 Å². The molecule has 0 atom stereocenters. The molecule has 0 aliphatic heterocycles. The highest BCUT2D eigenvalue weighted by Gasteiger charge is 2.31. The molecule has 7 heteroatoms. The van der Waals surface area contributed by atoms with Crippen LogP contribution in [0.3, 0.4) is 0 Å². The first-order valence-electron chi connectivity index (χ1n) is 5.21. The van der Waals surface area contributed by atoms with Crippen LogP contribution in [0, 0.1) is 11.7 Å². The molecule has 0 unspecified atom stereocenters. The summed E-state index contributed by atoms with van der Waals surface area (Å²) in [5.74, 6) is -0.437. The molecule has 3 N–H and O–H groups in total. The summed E-state index contributed by atoms with van der Waals surface area (Å²) in [5, 5.41) is 4.29. The first kappa shape index (κ1) is 11.8. The van der Waals surface area contributed by atoms with Gasteiger partial charge < -0.3 is 10.7 Å². The lowest BCUT2D eigenvalue weighted by Gasteiger charge is -2.23. The number of hydrogen-bond acceptors (Lipinski definition) is 3. The van der Waals surface area contributed by atoms with E-state index in [9.17, 15) is 4.79 Å². The lowest BCUT2D eigenvalue weighted by molar-refractivity contribution is -0.125. The number of aryl methyl sites for hydroxylation is 2. The first-order chi connectivity index (χ1) is 7.76. The summed E-state index contributed by atoms with van der Waals surface area (Å²) in [4.78, 5) is 14.6. The van der Waals surface area contributed by atoms with Crippen molar-refractivity contribution in [2.45, 2.75) is 26.3 Å². The van der Waals surface area contributed by atoms with Gasteiger partial charge in [0.15, 0.2) is 10.4 Å². The third kappa shape index (κ3) is 1.49. The summed E-state index contributed by atoms with van der Waals surface area (Å²) in [6.45, 7) is 5.36. The Balaban J connectivity index is 2.91. The van der Waals surface area contributed by atoms with Crippen LogP contribution in [0.25, 0.3) is 11.2 Å². The van der Waals surface area contributed by atoms with E-state index in [0.717, 1.165) is 16.9 Å². The zero-order valence-electron chi connectivity index (χ0n) is 10.2. The summed E-state index contributed by atoms with van der Waals surface area (Å²) in [7, 11) is 1.81. The average Bonchev–Trinajstić information content (AvgIpc) is 2.66. The van der Waals surface area contributed by atoms with Gasteiger partial charge in [-0.05, 0) is 33.0 Å². The Morgan fingerprint density at radius 2 is 2.12 bits per heavy atom. The Morgan fingerprint density at radius 1 is 1.53 bits per heavy atom. The molecule has 0 aliphatic rings. The van der Waals surface area contributed by atoms with Crippen molar-refractivity contribution in [2.24, 2.45) is 12.8 Å². The number of carbonyl (C=O) groups excluding carboxylic acids is 1. The molecule has 0 aliphatic carbocycles. The highest BCUT2D eigenvalue weighted by atomic mass is 32.1. The summed E-state index contributed by atoms with van der Waals surface area (Å²) in [6, 6.07) is 0. The van der Waals surface area contributed by atoms with Gasteiger partial charge in [0, 0.05) is 7.05 Å². The molecule has 0 aromatic carbocycles. The van der Waals surface area contributed by atoms with E-state index < -0.39 is 11.4 Å². The summed E-state index contributed by atoms with van der Waals surface area (Å²) in [6.07, 6.45) is 0. The Bertz CT molecular complexity index is 660. The van der Waals surface area contributed by atoms with E-state index in [2.05, 4.69) is 10.1 Å². The van der Waals surface area contributed by atoms with Crippen LogP contribution in [-0.2, 0) is 17.4 Å². The molecule has 0 radical (unpaired) electrons. The molecule has 0 fully saturated rings. The molecule has 0 bridgehead atoms. The zero-order valence-corrected chi connectivity index (χ0v) is 11.1. The molecule has 2 aromatic rings. The molecular weight excluding hydrogens is 238 g/mol. The lowest BCUT2D eigenvalue weighted by Crippen LogP contribution is -2.41. The van der Waals surface area contributed by atoms with Gasteiger partial charge in [-0.1, -0.05) is 0 Å². The maximum absolute atomic E-state index is 11.5. The Hall–Kier alpha value is -1.63. The van der Waals surface area contributed by atoms with Crippen LogP contribution in [-0.4, -0.2) is 25.2 Å². The van der Waals surface area contributed by atoms with E-state index in [1.165, 1.54) is 0 Å². The largest absolute Gasteiger partial charge is 0.368 e. The number of rotatable bonds is 2. The molecule has 0 spiro atoms. The number of nitrogens with two attached hydrogens (primary N) is 1. The number of carbonyl (C=O) groups is 1. The minimum absolute atomic E-state index is 0.437. The van der Waals surface area contributed by atoms with Gasteiger partial charge in [-0.25, -0.2) is 0 Å². The van der Waals surface area contributed by atoms with Gasteiger partial charge in [-0.3, -0.25) is 14.0 Å². The standard InChI is InChI=1S/C10H15N5OS/c1-5-6-7(14(4)13-5)15(9(17)12-6)10(2,3)8(11)16/h1-4H3,(H2,11,16)(H,12,17). The van der Waals surface area contributed by atoms with E-state index in [0.29, 0.717) is 4.77 Å². The highest BCUT2D eigenvalue weighted by molar-refractivity contribution is 7.71. The van der Waals surface area contributed by atoms with Gasteiger partial charge >= 0.3 is 0 Å².